The number of aliphatic hydroxyl groups is 1. The molecule has 0 amide bonds. The minimum atomic E-state index is -0.145. The molecule has 2 rings (SSSR count). The number of aryl methyl sites for hydroxylation is 2. The molecule has 1 heterocycles. The van der Waals surface area contributed by atoms with Crippen molar-refractivity contribution in [1.29, 1.82) is 0 Å². The van der Waals surface area contributed by atoms with Crippen molar-refractivity contribution < 1.29 is 5.11 Å². The molecule has 18 heavy (non-hydrogen) atoms. The second-order valence-corrected chi connectivity index (χ2v) is 5.10. The normalized spacial score (nSPS) is 10.6. The van der Waals surface area contributed by atoms with Gasteiger partial charge in [0.2, 0.25) is 0 Å². The summed E-state index contributed by atoms with van der Waals surface area (Å²) in [4.78, 5) is 19.3. The number of aromatic amines is 1. The largest absolute Gasteiger partial charge is 0.392 e. The number of hydrogen-bond donors (Lipinski definition) is 2. The molecule has 0 fully saturated rings. The molecule has 0 unspecified atom stereocenters. The van der Waals surface area contributed by atoms with Crippen LogP contribution in [0.1, 0.15) is 16.8 Å². The first-order chi connectivity index (χ1) is 8.58. The number of hydrogen-bond acceptors (Lipinski definition) is 4. The van der Waals surface area contributed by atoms with E-state index in [-0.39, 0.29) is 12.2 Å². The quantitative estimate of drug-likeness (QED) is 0.831. The zero-order valence-corrected chi connectivity index (χ0v) is 11.0. The number of aromatic nitrogens is 2. The molecule has 1 aromatic carbocycles. The van der Waals surface area contributed by atoms with E-state index in [4.69, 9.17) is 5.11 Å². The van der Waals surface area contributed by atoms with Crippen LogP contribution in [0, 0.1) is 13.8 Å². The van der Waals surface area contributed by atoms with E-state index in [0.29, 0.717) is 10.9 Å². The van der Waals surface area contributed by atoms with E-state index in [2.05, 4.69) is 9.97 Å². The molecule has 1 aromatic heterocycles. The van der Waals surface area contributed by atoms with Gasteiger partial charge in [-0.1, -0.05) is 17.8 Å². The third-order valence-electron chi connectivity index (χ3n) is 2.55. The lowest BCUT2D eigenvalue weighted by molar-refractivity contribution is 0.281. The summed E-state index contributed by atoms with van der Waals surface area (Å²) >= 11 is 1.40. The van der Waals surface area contributed by atoms with E-state index in [0.717, 1.165) is 16.0 Å². The molecule has 0 saturated carbocycles. The Balaban J connectivity index is 2.28. The highest BCUT2D eigenvalue weighted by atomic mass is 32.2. The summed E-state index contributed by atoms with van der Waals surface area (Å²) in [5.41, 5.74) is 2.49. The second-order valence-electron chi connectivity index (χ2n) is 4.04. The molecular weight excluding hydrogens is 248 g/mol. The first kappa shape index (κ1) is 12.9. The van der Waals surface area contributed by atoms with Crippen LogP contribution in [0.25, 0.3) is 0 Å². The second kappa shape index (κ2) is 5.37. The molecule has 2 N–H and O–H groups in total. The lowest BCUT2D eigenvalue weighted by Gasteiger charge is -2.06. The van der Waals surface area contributed by atoms with E-state index < -0.39 is 0 Å². The standard InChI is InChI=1S/C13H14N2O2S/c1-8-5-11(4-3-10(8)7-16)18-13-14-9(2)6-12(17)15-13/h3-6,16H,7H2,1-2H3,(H,14,15,17). The molecule has 0 bridgehead atoms. The highest BCUT2D eigenvalue weighted by molar-refractivity contribution is 7.99. The number of nitrogens with zero attached hydrogens (tertiary/aromatic N) is 1. The maximum Gasteiger partial charge on any atom is 0.251 e. The number of aliphatic hydroxyl groups excluding tert-OH is 1. The maximum atomic E-state index is 11.3. The fourth-order valence-electron chi connectivity index (χ4n) is 1.62. The first-order valence-corrected chi connectivity index (χ1v) is 6.36. The molecule has 0 aliphatic carbocycles. The maximum absolute atomic E-state index is 11.3. The fourth-order valence-corrected chi connectivity index (χ4v) is 2.56. The van der Waals surface area contributed by atoms with Crippen molar-refractivity contribution in [2.24, 2.45) is 0 Å². The van der Waals surface area contributed by atoms with E-state index in [1.807, 2.05) is 25.1 Å². The number of benzene rings is 1. The van der Waals surface area contributed by atoms with Crippen molar-refractivity contribution in [2.45, 2.75) is 30.5 Å². The van der Waals surface area contributed by atoms with E-state index >= 15 is 0 Å². The van der Waals surface area contributed by atoms with E-state index in [9.17, 15) is 4.79 Å². The van der Waals surface area contributed by atoms with Crippen LogP contribution >= 0.6 is 11.8 Å². The molecule has 0 atom stereocenters. The smallest absolute Gasteiger partial charge is 0.251 e. The average Bonchev–Trinajstić information content (AvgIpc) is 2.27. The van der Waals surface area contributed by atoms with Gasteiger partial charge in [-0.05, 0) is 37.1 Å². The number of nitrogens with one attached hydrogen (secondary N) is 1. The Kier molecular flexibility index (Phi) is 3.84. The Morgan fingerprint density at radius 3 is 2.72 bits per heavy atom. The minimum Gasteiger partial charge on any atom is -0.392 e. The van der Waals surface area contributed by atoms with Gasteiger partial charge in [0, 0.05) is 16.7 Å². The lowest BCUT2D eigenvalue weighted by Crippen LogP contribution is -2.07. The molecule has 0 aliphatic heterocycles. The van der Waals surface area contributed by atoms with Gasteiger partial charge in [0.05, 0.1) is 6.61 Å². The highest BCUT2D eigenvalue weighted by Gasteiger charge is 2.04. The summed E-state index contributed by atoms with van der Waals surface area (Å²) in [6.45, 7) is 3.78. The van der Waals surface area contributed by atoms with E-state index in [1.54, 1.807) is 6.92 Å². The van der Waals surface area contributed by atoms with Crippen LogP contribution in [-0.4, -0.2) is 15.1 Å². The van der Waals surface area contributed by atoms with Crippen molar-refractivity contribution in [2.75, 3.05) is 0 Å². The SMILES string of the molecule is Cc1cc(=O)[nH]c(Sc2ccc(CO)c(C)c2)n1. The third kappa shape index (κ3) is 3.00. The number of H-pyrrole nitrogens is 1. The van der Waals surface area contributed by atoms with Gasteiger partial charge < -0.3 is 10.1 Å². The van der Waals surface area contributed by atoms with Crippen molar-refractivity contribution in [3.63, 3.8) is 0 Å². The molecule has 5 heteroatoms. The Bertz CT molecular complexity index is 623. The summed E-state index contributed by atoms with van der Waals surface area (Å²) in [6.07, 6.45) is 0. The average molecular weight is 262 g/mol. The molecule has 94 valence electrons. The van der Waals surface area contributed by atoms with Crippen molar-refractivity contribution in [1.82, 2.24) is 9.97 Å². The molecule has 4 nitrogen and oxygen atoms in total. The summed E-state index contributed by atoms with van der Waals surface area (Å²) in [7, 11) is 0. The van der Waals surface area contributed by atoms with Crippen LogP contribution in [0.5, 0.6) is 0 Å². The summed E-state index contributed by atoms with van der Waals surface area (Å²) in [5.74, 6) is 0. The highest BCUT2D eigenvalue weighted by Crippen LogP contribution is 2.25. The molecule has 0 aliphatic rings. The van der Waals surface area contributed by atoms with Gasteiger partial charge in [0.15, 0.2) is 5.16 Å². The molecular formula is C13H14N2O2S. The van der Waals surface area contributed by atoms with Crippen molar-refractivity contribution in [3.8, 4) is 0 Å². The van der Waals surface area contributed by atoms with Gasteiger partial charge in [-0.3, -0.25) is 4.79 Å². The number of rotatable bonds is 3. The van der Waals surface area contributed by atoms with Crippen LogP contribution in [0.2, 0.25) is 0 Å². The van der Waals surface area contributed by atoms with Gasteiger partial charge in [-0.2, -0.15) is 0 Å². The van der Waals surface area contributed by atoms with E-state index in [1.165, 1.54) is 17.8 Å². The van der Waals surface area contributed by atoms with Crippen LogP contribution < -0.4 is 5.56 Å². The summed E-state index contributed by atoms with van der Waals surface area (Å²) in [6, 6.07) is 7.22. The van der Waals surface area contributed by atoms with Gasteiger partial charge in [0.25, 0.3) is 5.56 Å². The lowest BCUT2D eigenvalue weighted by atomic mass is 10.1. The minimum absolute atomic E-state index is 0.0380. The van der Waals surface area contributed by atoms with Crippen LogP contribution in [0.3, 0.4) is 0 Å². The van der Waals surface area contributed by atoms with Gasteiger partial charge in [0.1, 0.15) is 0 Å². The van der Waals surface area contributed by atoms with Crippen molar-refractivity contribution in [3.05, 3.63) is 51.4 Å². The Morgan fingerprint density at radius 1 is 1.33 bits per heavy atom. The summed E-state index contributed by atoms with van der Waals surface area (Å²) < 4.78 is 0. The zero-order valence-electron chi connectivity index (χ0n) is 10.2. The van der Waals surface area contributed by atoms with Crippen LogP contribution in [0.4, 0.5) is 0 Å². The van der Waals surface area contributed by atoms with Gasteiger partial charge >= 0.3 is 0 Å². The topological polar surface area (TPSA) is 66.0 Å². The Morgan fingerprint density at radius 2 is 2.11 bits per heavy atom. The predicted octanol–water partition coefficient (Wildman–Crippen LogP) is 2.03. The van der Waals surface area contributed by atoms with Crippen LogP contribution in [0.15, 0.2) is 39.1 Å². The Labute approximate surface area is 109 Å². The fraction of sp³-hybridized carbons (Fsp3) is 0.231. The molecule has 0 saturated heterocycles. The van der Waals surface area contributed by atoms with Gasteiger partial charge in [-0.25, -0.2) is 4.98 Å². The van der Waals surface area contributed by atoms with Crippen LogP contribution in [-0.2, 0) is 6.61 Å². The zero-order chi connectivity index (χ0) is 13.1. The Hall–Kier alpha value is -1.59. The predicted molar refractivity (Wildman–Crippen MR) is 70.8 cm³/mol. The monoisotopic (exact) mass is 262 g/mol. The first-order valence-electron chi connectivity index (χ1n) is 5.54. The van der Waals surface area contributed by atoms with Crippen molar-refractivity contribution >= 4 is 11.8 Å². The third-order valence-corrected chi connectivity index (χ3v) is 3.42. The van der Waals surface area contributed by atoms with Gasteiger partial charge in [-0.15, -0.1) is 0 Å². The molecule has 0 radical (unpaired) electrons. The molecule has 2 aromatic rings. The summed E-state index contributed by atoms with van der Waals surface area (Å²) in [5, 5.41) is 9.68. The molecule has 0 spiro atoms.